The Labute approximate surface area is 159 Å². The molecule has 0 bridgehead atoms. The van der Waals surface area contributed by atoms with Crippen LogP contribution in [0.3, 0.4) is 0 Å². The average Bonchev–Trinajstić information content (AvgIpc) is 2.83. The van der Waals surface area contributed by atoms with Crippen molar-refractivity contribution in [3.8, 4) is 0 Å². The van der Waals surface area contributed by atoms with Crippen molar-refractivity contribution in [2.24, 2.45) is 4.40 Å². The zero-order valence-corrected chi connectivity index (χ0v) is 16.4. The molecule has 0 saturated heterocycles. The molecule has 0 aliphatic carbocycles. The molecular formula is C18H15BrN2O4S. The molecule has 8 heteroatoms. The zero-order chi connectivity index (χ0) is 18.9. The van der Waals surface area contributed by atoms with Crippen molar-refractivity contribution in [1.29, 1.82) is 0 Å². The van der Waals surface area contributed by atoms with Crippen molar-refractivity contribution in [2.45, 2.75) is 6.92 Å². The molecule has 3 rings (SSSR count). The van der Waals surface area contributed by atoms with Gasteiger partial charge >= 0.3 is 5.97 Å². The van der Waals surface area contributed by atoms with Crippen LogP contribution < -0.4 is 5.32 Å². The summed E-state index contributed by atoms with van der Waals surface area (Å²) in [5.74, 6) is -0.347. The van der Waals surface area contributed by atoms with Crippen LogP contribution >= 0.6 is 15.9 Å². The molecule has 0 aromatic heterocycles. The second-order valence-corrected chi connectivity index (χ2v) is 8.00. The van der Waals surface area contributed by atoms with E-state index in [-0.39, 0.29) is 10.7 Å². The van der Waals surface area contributed by atoms with E-state index in [0.29, 0.717) is 22.4 Å². The molecule has 0 atom stereocenters. The molecule has 1 heterocycles. The number of nitrogens with zero attached hydrogens (tertiary/aromatic N) is 1. The van der Waals surface area contributed by atoms with Crippen LogP contribution in [-0.2, 0) is 14.8 Å². The minimum Gasteiger partial charge on any atom is -0.465 e. The van der Waals surface area contributed by atoms with Gasteiger partial charge in [0, 0.05) is 10.0 Å². The number of amidine groups is 1. The van der Waals surface area contributed by atoms with E-state index in [9.17, 15) is 13.2 Å². The largest absolute Gasteiger partial charge is 0.465 e. The lowest BCUT2D eigenvalue weighted by Crippen LogP contribution is -2.15. The maximum Gasteiger partial charge on any atom is 0.339 e. The van der Waals surface area contributed by atoms with Gasteiger partial charge in [0.1, 0.15) is 10.7 Å². The Morgan fingerprint density at radius 2 is 1.88 bits per heavy atom. The van der Waals surface area contributed by atoms with Gasteiger partial charge in [0.05, 0.1) is 18.4 Å². The van der Waals surface area contributed by atoms with E-state index >= 15 is 0 Å². The molecule has 2 aromatic carbocycles. The first-order valence-corrected chi connectivity index (χ1v) is 9.83. The van der Waals surface area contributed by atoms with E-state index in [0.717, 1.165) is 4.47 Å². The van der Waals surface area contributed by atoms with E-state index in [2.05, 4.69) is 25.6 Å². The number of halogens is 1. The highest BCUT2D eigenvalue weighted by Crippen LogP contribution is 2.34. The SMILES string of the molecule is COC(=O)c1ccccc1NC1=NS(=O)(=O)C(c2cccc(Br)c2)=C1C. The van der Waals surface area contributed by atoms with Crippen molar-refractivity contribution in [2.75, 3.05) is 12.4 Å². The van der Waals surface area contributed by atoms with Crippen molar-refractivity contribution >= 4 is 48.4 Å². The molecule has 6 nitrogen and oxygen atoms in total. The summed E-state index contributed by atoms with van der Waals surface area (Å²) < 4.78 is 34.5. The Balaban J connectivity index is 2.04. The second kappa shape index (κ2) is 7.05. The highest BCUT2D eigenvalue weighted by atomic mass is 79.9. The number of hydrogen-bond donors (Lipinski definition) is 1. The van der Waals surface area contributed by atoms with Gasteiger partial charge in [-0.25, -0.2) is 4.79 Å². The van der Waals surface area contributed by atoms with E-state index in [1.807, 2.05) is 6.07 Å². The summed E-state index contributed by atoms with van der Waals surface area (Å²) >= 11 is 3.35. The Kier molecular flexibility index (Phi) is 4.97. The lowest BCUT2D eigenvalue weighted by atomic mass is 10.1. The number of carbonyl (C=O) groups is 1. The number of carbonyl (C=O) groups excluding carboxylic acids is 1. The van der Waals surface area contributed by atoms with Gasteiger partial charge in [0.25, 0.3) is 10.0 Å². The maximum absolute atomic E-state index is 12.6. The van der Waals surface area contributed by atoms with Gasteiger partial charge in [-0.1, -0.05) is 40.2 Å². The quantitative estimate of drug-likeness (QED) is 0.741. The predicted molar refractivity (Wildman–Crippen MR) is 104 cm³/mol. The number of benzene rings is 2. The fraction of sp³-hybridized carbons (Fsp3) is 0.111. The molecule has 0 amide bonds. The van der Waals surface area contributed by atoms with E-state index in [1.54, 1.807) is 49.4 Å². The maximum atomic E-state index is 12.6. The molecule has 0 saturated carbocycles. The molecular weight excluding hydrogens is 420 g/mol. The Hall–Kier alpha value is -2.45. The van der Waals surface area contributed by atoms with Crippen LogP contribution in [0.4, 0.5) is 5.69 Å². The fourth-order valence-electron chi connectivity index (χ4n) is 2.65. The highest BCUT2D eigenvalue weighted by molar-refractivity contribution is 9.10. The Morgan fingerprint density at radius 3 is 2.58 bits per heavy atom. The van der Waals surface area contributed by atoms with Gasteiger partial charge in [-0.2, -0.15) is 8.42 Å². The van der Waals surface area contributed by atoms with Gasteiger partial charge < -0.3 is 10.1 Å². The number of sulfonamides is 1. The summed E-state index contributed by atoms with van der Waals surface area (Å²) in [6, 6.07) is 13.7. The molecule has 1 aliphatic rings. The molecule has 0 unspecified atom stereocenters. The molecule has 134 valence electrons. The first kappa shape index (κ1) is 18.3. The van der Waals surface area contributed by atoms with Gasteiger partial charge in [0.2, 0.25) is 0 Å². The fourth-order valence-corrected chi connectivity index (χ4v) is 4.48. The van der Waals surface area contributed by atoms with E-state index in [1.165, 1.54) is 7.11 Å². The van der Waals surface area contributed by atoms with Crippen molar-refractivity contribution < 1.29 is 17.9 Å². The van der Waals surface area contributed by atoms with Crippen LogP contribution in [0.2, 0.25) is 0 Å². The lowest BCUT2D eigenvalue weighted by molar-refractivity contribution is 0.0602. The van der Waals surface area contributed by atoms with Gasteiger partial charge in [-0.15, -0.1) is 4.40 Å². The summed E-state index contributed by atoms with van der Waals surface area (Å²) in [7, 11) is -2.56. The number of methoxy groups -OCH3 is 1. The third kappa shape index (κ3) is 3.42. The predicted octanol–water partition coefficient (Wildman–Crippen LogP) is 3.82. The van der Waals surface area contributed by atoms with Gasteiger partial charge in [-0.05, 0) is 36.8 Å². The van der Waals surface area contributed by atoms with Crippen LogP contribution in [0.25, 0.3) is 4.91 Å². The van der Waals surface area contributed by atoms with Crippen LogP contribution in [0, 0.1) is 0 Å². The first-order valence-electron chi connectivity index (χ1n) is 7.60. The zero-order valence-electron chi connectivity index (χ0n) is 14.0. The highest BCUT2D eigenvalue weighted by Gasteiger charge is 2.31. The second-order valence-electron chi connectivity index (χ2n) is 5.54. The van der Waals surface area contributed by atoms with E-state index < -0.39 is 16.0 Å². The molecule has 0 spiro atoms. The Bertz CT molecular complexity index is 1060. The number of esters is 1. The van der Waals surface area contributed by atoms with Crippen molar-refractivity contribution in [3.05, 3.63) is 69.7 Å². The van der Waals surface area contributed by atoms with Crippen molar-refractivity contribution in [3.63, 3.8) is 0 Å². The summed E-state index contributed by atoms with van der Waals surface area (Å²) in [5.41, 5.74) is 1.73. The van der Waals surface area contributed by atoms with Gasteiger partial charge in [0.15, 0.2) is 0 Å². The average molecular weight is 435 g/mol. The number of ether oxygens (including phenoxy) is 1. The molecule has 1 aliphatic heterocycles. The third-order valence-electron chi connectivity index (χ3n) is 3.84. The number of hydrogen-bond acceptors (Lipinski definition) is 5. The minimum atomic E-state index is -3.85. The normalized spacial score (nSPS) is 15.6. The summed E-state index contributed by atoms with van der Waals surface area (Å²) in [4.78, 5) is 12.0. The number of para-hydroxylation sites is 1. The standard InChI is InChI=1S/C18H15BrN2O4S/c1-11-16(12-6-5-7-13(19)10-12)26(23,24)21-17(11)20-15-9-4-3-8-14(15)18(22)25-2/h3-10H,1-2H3,(H,20,21). The molecule has 1 N–H and O–H groups in total. The van der Waals surface area contributed by atoms with Crippen LogP contribution in [0.5, 0.6) is 0 Å². The van der Waals surface area contributed by atoms with Gasteiger partial charge in [-0.3, -0.25) is 0 Å². The number of rotatable bonds is 3. The molecule has 2 aromatic rings. The van der Waals surface area contributed by atoms with Crippen LogP contribution in [0.15, 0.2) is 63.0 Å². The first-order chi connectivity index (χ1) is 12.3. The van der Waals surface area contributed by atoms with Crippen LogP contribution in [0.1, 0.15) is 22.8 Å². The smallest absolute Gasteiger partial charge is 0.339 e. The molecule has 26 heavy (non-hydrogen) atoms. The number of anilines is 1. The summed E-state index contributed by atoms with van der Waals surface area (Å²) in [6.07, 6.45) is 0. The number of nitrogens with one attached hydrogen (secondary N) is 1. The Morgan fingerprint density at radius 1 is 1.15 bits per heavy atom. The van der Waals surface area contributed by atoms with Crippen LogP contribution in [-0.4, -0.2) is 27.3 Å². The monoisotopic (exact) mass is 434 g/mol. The molecule has 0 fully saturated rings. The minimum absolute atomic E-state index is 0.136. The topological polar surface area (TPSA) is 84.8 Å². The summed E-state index contributed by atoms with van der Waals surface area (Å²) in [6.45, 7) is 1.67. The van der Waals surface area contributed by atoms with E-state index in [4.69, 9.17) is 4.74 Å². The lowest BCUT2D eigenvalue weighted by Gasteiger charge is -2.11. The summed E-state index contributed by atoms with van der Waals surface area (Å²) in [5, 5.41) is 2.94. The molecule has 0 radical (unpaired) electrons. The van der Waals surface area contributed by atoms with Crippen molar-refractivity contribution in [1.82, 2.24) is 0 Å². The third-order valence-corrected chi connectivity index (χ3v) is 5.81.